The molecule has 0 fully saturated rings. The Morgan fingerprint density at radius 1 is 0.828 bits per heavy atom. The van der Waals surface area contributed by atoms with E-state index < -0.39 is 41.3 Å². The highest BCUT2D eigenvalue weighted by molar-refractivity contribution is 5.94. The molecule has 14 heteroatoms. The number of hydrogen-bond acceptors (Lipinski definition) is 12. The van der Waals surface area contributed by atoms with Gasteiger partial charge in [-0.05, 0) is 25.0 Å². The van der Waals surface area contributed by atoms with Gasteiger partial charge in [-0.3, -0.25) is 0 Å². The van der Waals surface area contributed by atoms with Gasteiger partial charge in [-0.15, -0.1) is 20.2 Å². The number of benzene rings is 1. The molecule has 1 aromatic rings. The number of hydrogen-bond donors (Lipinski definition) is 0. The molecule has 0 bridgehead atoms. The summed E-state index contributed by atoms with van der Waals surface area (Å²) >= 11 is 0. The Hall–Kier alpha value is -3.97. The smallest absolute Gasteiger partial charge is 0.344 e. The topological polar surface area (TPSA) is 184 Å². The monoisotopic (exact) mass is 416 g/mol. The summed E-state index contributed by atoms with van der Waals surface area (Å²) < 4.78 is 14.3. The first-order valence-corrected chi connectivity index (χ1v) is 7.96. The van der Waals surface area contributed by atoms with Crippen LogP contribution in [0.3, 0.4) is 0 Å². The zero-order valence-electron chi connectivity index (χ0n) is 14.8. The van der Waals surface area contributed by atoms with Gasteiger partial charge in [0, 0.05) is 0 Å². The number of nitrogens with zero attached hydrogens (tertiary/aromatic N) is 2. The maximum absolute atomic E-state index is 12.1. The van der Waals surface area contributed by atoms with Crippen molar-refractivity contribution in [2.45, 2.75) is 12.8 Å². The maximum atomic E-state index is 12.1. The van der Waals surface area contributed by atoms with Crippen molar-refractivity contribution < 1.29 is 48.4 Å². The van der Waals surface area contributed by atoms with E-state index in [1.807, 2.05) is 0 Å². The number of para-hydroxylation sites is 1. The Bertz CT molecular complexity index is 751. The van der Waals surface area contributed by atoms with E-state index in [-0.39, 0.29) is 30.9 Å². The van der Waals surface area contributed by atoms with Gasteiger partial charge in [-0.25, -0.2) is 14.4 Å². The third-order valence-electron chi connectivity index (χ3n) is 2.94. The zero-order valence-corrected chi connectivity index (χ0v) is 14.8. The normalized spacial score (nSPS) is 9.79. The first-order chi connectivity index (χ1) is 13.8. The van der Waals surface area contributed by atoms with Crippen LogP contribution in [0.5, 0.6) is 5.75 Å². The molecule has 0 radical (unpaired) electrons. The van der Waals surface area contributed by atoms with E-state index >= 15 is 0 Å². The van der Waals surface area contributed by atoms with Crippen LogP contribution >= 0.6 is 0 Å². The van der Waals surface area contributed by atoms with Crippen molar-refractivity contribution >= 4 is 17.9 Å². The second-order valence-corrected chi connectivity index (χ2v) is 5.03. The number of esters is 3. The molecule has 29 heavy (non-hydrogen) atoms. The molecule has 0 amide bonds. The van der Waals surface area contributed by atoms with Crippen molar-refractivity contribution in [3.63, 3.8) is 0 Å². The molecule has 0 aromatic heterocycles. The van der Waals surface area contributed by atoms with Crippen LogP contribution in [0, 0.1) is 20.2 Å². The lowest BCUT2D eigenvalue weighted by molar-refractivity contribution is -0.757. The van der Waals surface area contributed by atoms with Gasteiger partial charge in [0.05, 0.1) is 13.2 Å². The molecular formula is C15H16N2O12. The molecule has 0 aliphatic heterocycles. The summed E-state index contributed by atoms with van der Waals surface area (Å²) in [5.41, 5.74) is -0.202. The van der Waals surface area contributed by atoms with Crippen molar-refractivity contribution in [3.05, 3.63) is 50.1 Å². The van der Waals surface area contributed by atoms with Crippen molar-refractivity contribution in [1.29, 1.82) is 0 Å². The van der Waals surface area contributed by atoms with Crippen LogP contribution in [0.25, 0.3) is 0 Å². The summed E-state index contributed by atoms with van der Waals surface area (Å²) in [5, 5.41) is 17.9. The van der Waals surface area contributed by atoms with Gasteiger partial charge >= 0.3 is 17.9 Å². The van der Waals surface area contributed by atoms with Crippen LogP contribution in [0.1, 0.15) is 23.2 Å². The van der Waals surface area contributed by atoms with Crippen LogP contribution < -0.4 is 4.74 Å². The van der Waals surface area contributed by atoms with E-state index in [0.29, 0.717) is 6.42 Å². The Labute approximate surface area is 162 Å². The first kappa shape index (κ1) is 23.1. The molecule has 0 spiro atoms. The third kappa shape index (κ3) is 10.1. The second-order valence-electron chi connectivity index (χ2n) is 5.03. The van der Waals surface area contributed by atoms with E-state index in [2.05, 4.69) is 9.68 Å². The highest BCUT2D eigenvalue weighted by Crippen LogP contribution is 2.19. The quantitative estimate of drug-likeness (QED) is 0.143. The summed E-state index contributed by atoms with van der Waals surface area (Å²) in [6.07, 6.45) is 0.589. The summed E-state index contributed by atoms with van der Waals surface area (Å²) in [6.45, 7) is -1.89. The summed E-state index contributed by atoms with van der Waals surface area (Å²) in [6, 6.07) is 5.36. The standard InChI is InChI=1S/C15H16N2O12/c18-13(25-7-3-4-8-27-16(21)22)9-26-15(20)11-5-1-2-6-12(11)29-14(19)10-28-17(23)24/h1-2,5-6H,3-4,7-10H2. The minimum Gasteiger partial charge on any atom is -0.463 e. The molecule has 0 N–H and O–H groups in total. The van der Waals surface area contributed by atoms with Gasteiger partial charge in [0.25, 0.3) is 10.2 Å². The highest BCUT2D eigenvalue weighted by atomic mass is 17.0. The molecule has 1 aromatic carbocycles. The average molecular weight is 416 g/mol. The van der Waals surface area contributed by atoms with Crippen LogP contribution in [-0.4, -0.2) is 54.5 Å². The summed E-state index contributed by atoms with van der Waals surface area (Å²) in [5.74, 6) is -3.22. The number of ether oxygens (including phenoxy) is 3. The van der Waals surface area contributed by atoms with E-state index in [9.17, 15) is 34.6 Å². The van der Waals surface area contributed by atoms with E-state index in [0.717, 1.165) is 0 Å². The molecule has 14 nitrogen and oxygen atoms in total. The predicted octanol–water partition coefficient (Wildman–Crippen LogP) is 0.489. The van der Waals surface area contributed by atoms with Gasteiger partial charge in [0.2, 0.25) is 0 Å². The van der Waals surface area contributed by atoms with Gasteiger partial charge in [0.15, 0.2) is 13.2 Å². The molecule has 0 heterocycles. The van der Waals surface area contributed by atoms with Gasteiger partial charge in [-0.2, -0.15) is 0 Å². The minimum atomic E-state index is -1.18. The minimum absolute atomic E-state index is 0.0535. The fourth-order valence-corrected chi connectivity index (χ4v) is 1.75. The summed E-state index contributed by atoms with van der Waals surface area (Å²) in [7, 11) is 0. The lowest BCUT2D eigenvalue weighted by Crippen LogP contribution is -2.21. The number of carbonyl (C=O) groups excluding carboxylic acids is 3. The molecule has 1 rings (SSSR count). The lowest BCUT2D eigenvalue weighted by atomic mass is 10.2. The Kier molecular flexibility index (Phi) is 9.88. The molecule has 0 aliphatic carbocycles. The van der Waals surface area contributed by atoms with Crippen LogP contribution in [0.2, 0.25) is 0 Å². The van der Waals surface area contributed by atoms with Crippen molar-refractivity contribution in [2.75, 3.05) is 26.4 Å². The Morgan fingerprint density at radius 2 is 1.48 bits per heavy atom. The van der Waals surface area contributed by atoms with Crippen LogP contribution in [0.4, 0.5) is 0 Å². The van der Waals surface area contributed by atoms with Gasteiger partial charge in [-0.1, -0.05) is 12.1 Å². The first-order valence-electron chi connectivity index (χ1n) is 7.96. The lowest BCUT2D eigenvalue weighted by Gasteiger charge is -2.10. The van der Waals surface area contributed by atoms with Crippen LogP contribution in [0.15, 0.2) is 24.3 Å². The predicted molar refractivity (Wildman–Crippen MR) is 88.4 cm³/mol. The number of unbranched alkanes of at least 4 members (excludes halogenated alkanes) is 1. The Balaban J connectivity index is 2.42. The zero-order chi connectivity index (χ0) is 21.6. The van der Waals surface area contributed by atoms with Crippen molar-refractivity contribution in [1.82, 2.24) is 0 Å². The summed E-state index contributed by atoms with van der Waals surface area (Å²) in [4.78, 5) is 63.0. The van der Waals surface area contributed by atoms with E-state index in [4.69, 9.17) is 14.2 Å². The molecule has 0 unspecified atom stereocenters. The highest BCUT2D eigenvalue weighted by Gasteiger charge is 2.18. The molecular weight excluding hydrogens is 400 g/mol. The van der Waals surface area contributed by atoms with Crippen LogP contribution in [-0.2, 0) is 28.7 Å². The maximum Gasteiger partial charge on any atom is 0.344 e. The molecule has 0 saturated heterocycles. The van der Waals surface area contributed by atoms with Crippen molar-refractivity contribution in [2.24, 2.45) is 0 Å². The largest absolute Gasteiger partial charge is 0.463 e. The SMILES string of the molecule is O=C(COC(=O)c1ccccc1OC(=O)CO[N+](=O)[O-])OCCCCO[N+](=O)[O-]. The fraction of sp³-hybridized carbons (Fsp3) is 0.400. The second kappa shape index (κ2) is 12.4. The molecule has 0 saturated carbocycles. The van der Waals surface area contributed by atoms with Crippen molar-refractivity contribution in [3.8, 4) is 5.75 Å². The van der Waals surface area contributed by atoms with E-state index in [1.54, 1.807) is 0 Å². The van der Waals surface area contributed by atoms with Gasteiger partial charge < -0.3 is 23.9 Å². The number of carbonyl (C=O) groups is 3. The van der Waals surface area contributed by atoms with Gasteiger partial charge in [0.1, 0.15) is 11.3 Å². The molecule has 0 aliphatic rings. The third-order valence-corrected chi connectivity index (χ3v) is 2.94. The molecule has 0 atom stereocenters. The van der Waals surface area contributed by atoms with E-state index in [1.165, 1.54) is 24.3 Å². The fourth-order valence-electron chi connectivity index (χ4n) is 1.75. The molecule has 158 valence electrons. The Morgan fingerprint density at radius 3 is 2.17 bits per heavy atom. The average Bonchev–Trinajstić information content (AvgIpc) is 2.67. The number of rotatable bonds is 13.